The quantitative estimate of drug-likeness (QED) is 0.625. The molecule has 0 spiro atoms. The number of hydrogen-bond acceptors (Lipinski definition) is 4. The van der Waals surface area contributed by atoms with Gasteiger partial charge >= 0.3 is 0 Å². The number of hydrogen-bond donors (Lipinski definition) is 3. The molecule has 0 amide bonds. The van der Waals surface area contributed by atoms with Gasteiger partial charge in [0.1, 0.15) is 5.75 Å². The van der Waals surface area contributed by atoms with Crippen LogP contribution in [0, 0.1) is 0 Å². The predicted molar refractivity (Wildman–Crippen MR) is 104 cm³/mol. The van der Waals surface area contributed by atoms with Gasteiger partial charge < -0.3 is 20.1 Å². The molecule has 0 aliphatic rings. The molecule has 0 saturated heterocycles. The molecular weight excluding hydrogens is 352 g/mol. The fraction of sp³-hybridized carbons (Fsp3) is 0.429. The Morgan fingerprint density at radius 2 is 1.62 bits per heavy atom. The lowest BCUT2D eigenvalue weighted by Gasteiger charge is -2.19. The molecule has 0 bridgehead atoms. The predicted octanol–water partition coefficient (Wildman–Crippen LogP) is 3.36. The second-order valence-corrected chi connectivity index (χ2v) is 7.01. The van der Waals surface area contributed by atoms with Crippen molar-refractivity contribution in [3.63, 3.8) is 0 Å². The summed E-state index contributed by atoms with van der Waals surface area (Å²) in [7, 11) is 0. The fourth-order valence-corrected chi connectivity index (χ4v) is 3.05. The van der Waals surface area contributed by atoms with Crippen LogP contribution in [0.2, 0.25) is 5.02 Å². The summed E-state index contributed by atoms with van der Waals surface area (Å²) in [6.45, 7) is 4.18. The molecule has 0 aromatic heterocycles. The molecule has 0 unspecified atom stereocenters. The number of ether oxygens (including phenoxy) is 1. The molecule has 26 heavy (non-hydrogen) atoms. The first-order valence-electron chi connectivity index (χ1n) is 8.92. The first kappa shape index (κ1) is 20.7. The molecule has 2 aromatic rings. The number of halogens is 1. The lowest BCUT2D eigenvalue weighted by Crippen LogP contribution is -2.30. The second-order valence-electron chi connectivity index (χ2n) is 6.60. The lowest BCUT2D eigenvalue weighted by molar-refractivity contribution is -0.00802. The Balaban J connectivity index is 2.06. The van der Waals surface area contributed by atoms with Gasteiger partial charge in [-0.25, -0.2) is 0 Å². The van der Waals surface area contributed by atoms with Gasteiger partial charge in [0.25, 0.3) is 0 Å². The van der Waals surface area contributed by atoms with Crippen LogP contribution in [-0.2, 0) is 12.8 Å². The van der Waals surface area contributed by atoms with Gasteiger partial charge in [-0.15, -0.1) is 0 Å². The van der Waals surface area contributed by atoms with Crippen LogP contribution < -0.4 is 4.74 Å². The minimum Gasteiger partial charge on any atom is -0.494 e. The first-order chi connectivity index (χ1) is 12.4. The van der Waals surface area contributed by atoms with Crippen LogP contribution >= 0.6 is 11.6 Å². The minimum absolute atomic E-state index is 0.147. The highest BCUT2D eigenvalue weighted by atomic mass is 35.5. The molecule has 0 saturated carbocycles. The lowest BCUT2D eigenvalue weighted by atomic mass is 9.97. The van der Waals surface area contributed by atoms with E-state index >= 15 is 0 Å². The highest BCUT2D eigenvalue weighted by Crippen LogP contribution is 2.23. The van der Waals surface area contributed by atoms with E-state index in [2.05, 4.69) is 0 Å². The molecular formula is C21H27ClO4. The molecule has 0 fully saturated rings. The third-order valence-electron chi connectivity index (χ3n) is 4.21. The molecule has 0 aliphatic heterocycles. The van der Waals surface area contributed by atoms with E-state index in [4.69, 9.17) is 16.3 Å². The average Bonchev–Trinajstić information content (AvgIpc) is 2.59. The maximum Gasteiger partial charge on any atom is 0.119 e. The Kier molecular flexibility index (Phi) is 7.91. The maximum atomic E-state index is 10.1. The molecule has 0 radical (unpaired) electrons. The second kappa shape index (κ2) is 9.93. The van der Waals surface area contributed by atoms with Gasteiger partial charge in [0.15, 0.2) is 0 Å². The van der Waals surface area contributed by atoms with Gasteiger partial charge in [-0.3, -0.25) is 0 Å². The van der Waals surface area contributed by atoms with Crippen LogP contribution in [-0.4, -0.2) is 40.2 Å². The van der Waals surface area contributed by atoms with Crippen LogP contribution in [0.4, 0.5) is 0 Å². The van der Waals surface area contributed by atoms with Crippen molar-refractivity contribution in [2.75, 3.05) is 6.61 Å². The minimum atomic E-state index is -0.958. The van der Waals surface area contributed by atoms with Crippen LogP contribution in [0.15, 0.2) is 42.5 Å². The number of benzene rings is 2. The summed E-state index contributed by atoms with van der Waals surface area (Å²) in [5, 5.41) is 30.1. The average molecular weight is 379 g/mol. The van der Waals surface area contributed by atoms with Crippen molar-refractivity contribution in [3.8, 4) is 5.75 Å². The Hall–Kier alpha value is -1.59. The van der Waals surface area contributed by atoms with E-state index in [1.165, 1.54) is 0 Å². The van der Waals surface area contributed by atoms with Gasteiger partial charge in [0, 0.05) is 17.9 Å². The van der Waals surface area contributed by atoms with E-state index in [9.17, 15) is 15.3 Å². The molecule has 0 heterocycles. The third-order valence-corrected chi connectivity index (χ3v) is 4.58. The fourth-order valence-electron chi connectivity index (χ4n) is 2.86. The standard InChI is InChI=1S/C21H27ClO4/c1-3-26-18-7-4-15(5-8-18)11-17-12-16(6-9-19(17)22)13-21(25)20(24)10-14(2)23/h4-9,12,14,20-21,23-25H,3,10-11,13H2,1-2H3/t14-,20+,21+/m1/s1. The smallest absolute Gasteiger partial charge is 0.119 e. The highest BCUT2D eigenvalue weighted by Gasteiger charge is 2.19. The van der Waals surface area contributed by atoms with Gasteiger partial charge in [-0.2, -0.15) is 0 Å². The van der Waals surface area contributed by atoms with E-state index in [1.54, 1.807) is 6.92 Å². The first-order valence-corrected chi connectivity index (χ1v) is 9.30. The monoisotopic (exact) mass is 378 g/mol. The van der Waals surface area contributed by atoms with Crippen molar-refractivity contribution in [2.24, 2.45) is 0 Å². The topological polar surface area (TPSA) is 69.9 Å². The van der Waals surface area contributed by atoms with Crippen molar-refractivity contribution in [3.05, 3.63) is 64.2 Å². The van der Waals surface area contributed by atoms with Crippen molar-refractivity contribution < 1.29 is 20.1 Å². The summed E-state index contributed by atoms with van der Waals surface area (Å²) in [6, 6.07) is 13.5. The van der Waals surface area contributed by atoms with Crippen molar-refractivity contribution >= 4 is 11.6 Å². The number of rotatable bonds is 9. The van der Waals surface area contributed by atoms with Crippen molar-refractivity contribution in [1.29, 1.82) is 0 Å². The van der Waals surface area contributed by atoms with E-state index in [0.717, 1.165) is 22.4 Å². The van der Waals surface area contributed by atoms with Crippen molar-refractivity contribution in [1.82, 2.24) is 0 Å². The summed E-state index contributed by atoms with van der Waals surface area (Å²) < 4.78 is 5.45. The van der Waals surface area contributed by atoms with E-state index < -0.39 is 18.3 Å². The summed E-state index contributed by atoms with van der Waals surface area (Å²) in [5.41, 5.74) is 2.97. The summed E-state index contributed by atoms with van der Waals surface area (Å²) in [4.78, 5) is 0. The van der Waals surface area contributed by atoms with Gasteiger partial charge in [-0.05, 0) is 55.2 Å². The zero-order chi connectivity index (χ0) is 19.1. The third kappa shape index (κ3) is 6.29. The van der Waals surface area contributed by atoms with E-state index in [0.29, 0.717) is 24.5 Å². The maximum absolute atomic E-state index is 10.1. The summed E-state index contributed by atoms with van der Waals surface area (Å²) in [5.74, 6) is 0.839. The Labute approximate surface area is 160 Å². The van der Waals surface area contributed by atoms with Gasteiger partial charge in [0.05, 0.1) is 24.9 Å². The largest absolute Gasteiger partial charge is 0.494 e. The molecule has 2 rings (SSSR count). The highest BCUT2D eigenvalue weighted by molar-refractivity contribution is 6.31. The number of aliphatic hydroxyl groups excluding tert-OH is 3. The van der Waals surface area contributed by atoms with Crippen molar-refractivity contribution in [2.45, 2.75) is 51.4 Å². The zero-order valence-electron chi connectivity index (χ0n) is 15.2. The summed E-state index contributed by atoms with van der Waals surface area (Å²) >= 11 is 6.33. The van der Waals surface area contributed by atoms with Crippen LogP contribution in [0.1, 0.15) is 37.0 Å². The van der Waals surface area contributed by atoms with Crippen LogP contribution in [0.5, 0.6) is 5.75 Å². The normalized spacial score (nSPS) is 14.7. The Morgan fingerprint density at radius 1 is 0.962 bits per heavy atom. The molecule has 3 N–H and O–H groups in total. The van der Waals surface area contributed by atoms with Crippen LogP contribution in [0.3, 0.4) is 0 Å². The molecule has 142 valence electrons. The molecule has 2 aromatic carbocycles. The number of aliphatic hydroxyl groups is 3. The van der Waals surface area contributed by atoms with E-state index in [-0.39, 0.29) is 6.42 Å². The Bertz CT molecular complexity index is 685. The van der Waals surface area contributed by atoms with Gasteiger partial charge in [0.2, 0.25) is 0 Å². The van der Waals surface area contributed by atoms with Crippen LogP contribution in [0.25, 0.3) is 0 Å². The molecule has 3 atom stereocenters. The van der Waals surface area contributed by atoms with Gasteiger partial charge in [-0.1, -0.05) is 35.9 Å². The SMILES string of the molecule is CCOc1ccc(Cc2cc(C[C@H](O)[C@@H](O)C[C@@H](C)O)ccc2Cl)cc1. The molecule has 0 aliphatic carbocycles. The summed E-state index contributed by atoms with van der Waals surface area (Å²) in [6.07, 6.45) is -1.41. The molecule has 4 nitrogen and oxygen atoms in total. The van der Waals surface area contributed by atoms with E-state index in [1.807, 2.05) is 49.4 Å². The Morgan fingerprint density at radius 3 is 2.23 bits per heavy atom. The molecule has 5 heteroatoms. The zero-order valence-corrected chi connectivity index (χ0v) is 16.0.